The summed E-state index contributed by atoms with van der Waals surface area (Å²) in [5.74, 6) is 1.25. The quantitative estimate of drug-likeness (QED) is 0.752. The molecule has 1 rings (SSSR count). The zero-order chi connectivity index (χ0) is 9.68. The molecule has 13 heavy (non-hydrogen) atoms. The maximum absolute atomic E-state index is 5.60. The highest BCUT2D eigenvalue weighted by atomic mass is 14.5. The van der Waals surface area contributed by atoms with Crippen LogP contribution in [0.25, 0.3) is 0 Å². The number of rotatable bonds is 4. The number of hydrogen-bond acceptors (Lipinski definition) is 1. The second-order valence-electron chi connectivity index (χ2n) is 3.89. The van der Waals surface area contributed by atoms with Crippen LogP contribution in [0.15, 0.2) is 30.3 Å². The maximum atomic E-state index is 5.60. The van der Waals surface area contributed by atoms with Crippen LogP contribution in [0.4, 0.5) is 0 Å². The minimum atomic E-state index is 0.621. The molecule has 0 spiro atoms. The van der Waals surface area contributed by atoms with Gasteiger partial charge in [0, 0.05) is 0 Å². The summed E-state index contributed by atoms with van der Waals surface area (Å²) in [6.45, 7) is 5.26. The van der Waals surface area contributed by atoms with Crippen LogP contribution >= 0.6 is 0 Å². The van der Waals surface area contributed by atoms with Gasteiger partial charge in [-0.15, -0.1) is 0 Å². The monoisotopic (exact) mass is 177 g/mol. The van der Waals surface area contributed by atoms with Crippen LogP contribution in [-0.4, -0.2) is 6.54 Å². The molecule has 1 heteroatoms. The third-order valence-corrected chi connectivity index (χ3v) is 2.53. The molecule has 0 aliphatic rings. The van der Waals surface area contributed by atoms with Crippen molar-refractivity contribution in [2.45, 2.75) is 26.2 Å². The predicted molar refractivity (Wildman–Crippen MR) is 57.7 cm³/mol. The summed E-state index contributed by atoms with van der Waals surface area (Å²) >= 11 is 0. The molecule has 0 aliphatic heterocycles. The lowest BCUT2D eigenvalue weighted by Gasteiger charge is -2.15. The van der Waals surface area contributed by atoms with E-state index in [1.165, 1.54) is 12.0 Å². The minimum absolute atomic E-state index is 0.621. The van der Waals surface area contributed by atoms with Gasteiger partial charge in [-0.3, -0.25) is 0 Å². The van der Waals surface area contributed by atoms with Crippen LogP contribution < -0.4 is 5.73 Å². The van der Waals surface area contributed by atoms with Gasteiger partial charge in [-0.1, -0.05) is 44.2 Å². The second-order valence-corrected chi connectivity index (χ2v) is 3.89. The fourth-order valence-electron chi connectivity index (χ4n) is 1.62. The molecule has 0 aliphatic carbocycles. The van der Waals surface area contributed by atoms with Gasteiger partial charge in [-0.25, -0.2) is 0 Å². The molecule has 0 heterocycles. The van der Waals surface area contributed by atoms with Crippen LogP contribution in [0.2, 0.25) is 0 Å². The van der Waals surface area contributed by atoms with E-state index in [1.54, 1.807) is 0 Å². The van der Waals surface area contributed by atoms with E-state index < -0.39 is 0 Å². The van der Waals surface area contributed by atoms with Gasteiger partial charge in [0.25, 0.3) is 0 Å². The van der Waals surface area contributed by atoms with E-state index in [1.807, 2.05) is 0 Å². The lowest BCUT2D eigenvalue weighted by Crippen LogP contribution is -2.13. The molecular formula is C12H19N. The molecule has 0 fully saturated rings. The lowest BCUT2D eigenvalue weighted by atomic mass is 9.91. The predicted octanol–water partition coefficient (Wildman–Crippen LogP) is 2.78. The van der Waals surface area contributed by atoms with Crippen LogP contribution in [0, 0.1) is 5.92 Å². The van der Waals surface area contributed by atoms with Crippen molar-refractivity contribution in [2.75, 3.05) is 6.54 Å². The van der Waals surface area contributed by atoms with Crippen molar-refractivity contribution in [2.24, 2.45) is 11.7 Å². The first-order chi connectivity index (χ1) is 6.24. The zero-order valence-electron chi connectivity index (χ0n) is 8.53. The van der Waals surface area contributed by atoms with Crippen molar-refractivity contribution >= 4 is 0 Å². The molecular weight excluding hydrogens is 158 g/mol. The Morgan fingerprint density at radius 1 is 1.15 bits per heavy atom. The fourth-order valence-corrected chi connectivity index (χ4v) is 1.62. The van der Waals surface area contributed by atoms with E-state index in [4.69, 9.17) is 5.73 Å². The van der Waals surface area contributed by atoms with Gasteiger partial charge in [0.05, 0.1) is 0 Å². The van der Waals surface area contributed by atoms with E-state index in [0.717, 1.165) is 6.54 Å². The van der Waals surface area contributed by atoms with Gasteiger partial charge in [-0.05, 0) is 30.4 Å². The first-order valence-electron chi connectivity index (χ1n) is 4.99. The molecule has 2 atom stereocenters. The van der Waals surface area contributed by atoms with Crippen molar-refractivity contribution < 1.29 is 0 Å². The van der Waals surface area contributed by atoms with E-state index in [2.05, 4.69) is 44.2 Å². The van der Waals surface area contributed by atoms with Crippen molar-refractivity contribution in [1.82, 2.24) is 0 Å². The van der Waals surface area contributed by atoms with Crippen LogP contribution in [0.1, 0.15) is 31.7 Å². The third kappa shape index (κ3) is 3.19. The first kappa shape index (κ1) is 10.3. The largest absolute Gasteiger partial charge is 0.330 e. The fraction of sp³-hybridized carbons (Fsp3) is 0.500. The van der Waals surface area contributed by atoms with Gasteiger partial charge in [0.15, 0.2) is 0 Å². The maximum Gasteiger partial charge on any atom is -0.00513 e. The van der Waals surface area contributed by atoms with Gasteiger partial charge in [-0.2, -0.15) is 0 Å². The molecule has 1 nitrogen and oxygen atoms in total. The van der Waals surface area contributed by atoms with E-state index in [9.17, 15) is 0 Å². The zero-order valence-corrected chi connectivity index (χ0v) is 8.53. The van der Waals surface area contributed by atoms with Crippen molar-refractivity contribution in [1.29, 1.82) is 0 Å². The average Bonchev–Trinajstić information content (AvgIpc) is 2.19. The SMILES string of the molecule is CC(C[C@H](C)CN)c1ccccc1. The van der Waals surface area contributed by atoms with Crippen molar-refractivity contribution in [3.8, 4) is 0 Å². The molecule has 0 bridgehead atoms. The van der Waals surface area contributed by atoms with Crippen molar-refractivity contribution in [3.63, 3.8) is 0 Å². The highest BCUT2D eigenvalue weighted by Crippen LogP contribution is 2.22. The molecule has 1 aromatic rings. The first-order valence-corrected chi connectivity index (χ1v) is 4.99. The van der Waals surface area contributed by atoms with Gasteiger partial charge in [0.2, 0.25) is 0 Å². The van der Waals surface area contributed by atoms with E-state index in [0.29, 0.717) is 11.8 Å². The van der Waals surface area contributed by atoms with Crippen LogP contribution in [-0.2, 0) is 0 Å². The Labute approximate surface area is 81.0 Å². The van der Waals surface area contributed by atoms with E-state index >= 15 is 0 Å². The standard InChI is InChI=1S/C12H19N/c1-10(9-13)8-11(2)12-6-4-3-5-7-12/h3-7,10-11H,8-9,13H2,1-2H3/t10-,11?/m0/s1. The summed E-state index contributed by atoms with van der Waals surface area (Å²) in [5.41, 5.74) is 7.02. The van der Waals surface area contributed by atoms with Crippen molar-refractivity contribution in [3.05, 3.63) is 35.9 Å². The molecule has 1 aromatic carbocycles. The number of hydrogen-bond donors (Lipinski definition) is 1. The molecule has 0 aromatic heterocycles. The molecule has 0 amide bonds. The number of nitrogens with two attached hydrogens (primary N) is 1. The summed E-state index contributed by atoms with van der Waals surface area (Å²) < 4.78 is 0. The Kier molecular flexibility index (Phi) is 3.97. The molecule has 72 valence electrons. The lowest BCUT2D eigenvalue weighted by molar-refractivity contribution is 0.494. The second kappa shape index (κ2) is 5.03. The Bertz CT molecular complexity index is 230. The highest BCUT2D eigenvalue weighted by Gasteiger charge is 2.08. The summed E-state index contributed by atoms with van der Waals surface area (Å²) in [6, 6.07) is 10.6. The van der Waals surface area contributed by atoms with Gasteiger partial charge in [0.1, 0.15) is 0 Å². The smallest absolute Gasteiger partial charge is 0.00513 e. The Balaban J connectivity index is 2.53. The highest BCUT2D eigenvalue weighted by molar-refractivity contribution is 5.18. The normalized spacial score (nSPS) is 15.3. The molecule has 2 N–H and O–H groups in total. The van der Waals surface area contributed by atoms with Gasteiger partial charge >= 0.3 is 0 Å². The minimum Gasteiger partial charge on any atom is -0.330 e. The Morgan fingerprint density at radius 3 is 2.31 bits per heavy atom. The van der Waals surface area contributed by atoms with E-state index in [-0.39, 0.29) is 0 Å². The van der Waals surface area contributed by atoms with Crippen LogP contribution in [0.3, 0.4) is 0 Å². The summed E-state index contributed by atoms with van der Waals surface area (Å²) in [4.78, 5) is 0. The molecule has 0 saturated carbocycles. The van der Waals surface area contributed by atoms with Gasteiger partial charge < -0.3 is 5.73 Å². The number of benzene rings is 1. The average molecular weight is 177 g/mol. The molecule has 0 saturated heterocycles. The molecule has 0 radical (unpaired) electrons. The Morgan fingerprint density at radius 2 is 1.77 bits per heavy atom. The van der Waals surface area contributed by atoms with Crippen LogP contribution in [0.5, 0.6) is 0 Å². The topological polar surface area (TPSA) is 26.0 Å². The summed E-state index contributed by atoms with van der Waals surface area (Å²) in [6.07, 6.45) is 1.18. The summed E-state index contributed by atoms with van der Waals surface area (Å²) in [5, 5.41) is 0. The Hall–Kier alpha value is -0.820. The molecule has 1 unspecified atom stereocenters. The third-order valence-electron chi connectivity index (χ3n) is 2.53. The summed E-state index contributed by atoms with van der Waals surface area (Å²) in [7, 11) is 0.